The van der Waals surface area contributed by atoms with Gasteiger partial charge in [0, 0.05) is 30.2 Å². The molecule has 1 aromatic heterocycles. The zero-order valence-electron chi connectivity index (χ0n) is 11.2. The van der Waals surface area contributed by atoms with Crippen molar-refractivity contribution in [1.29, 1.82) is 0 Å². The average Bonchev–Trinajstić information content (AvgIpc) is 2.70. The Labute approximate surface area is 118 Å². The topological polar surface area (TPSA) is 81.4 Å². The fourth-order valence-corrected chi connectivity index (χ4v) is 5.46. The van der Waals surface area contributed by atoms with Gasteiger partial charge in [0.1, 0.15) is 4.90 Å². The summed E-state index contributed by atoms with van der Waals surface area (Å²) in [5.74, 6) is 0. The van der Waals surface area contributed by atoms with Crippen molar-refractivity contribution in [3.63, 3.8) is 0 Å². The molecular weight excluding hydrogens is 284 g/mol. The van der Waals surface area contributed by atoms with Gasteiger partial charge in [0.25, 0.3) is 0 Å². The molecule has 2 rings (SSSR count). The van der Waals surface area contributed by atoms with Gasteiger partial charge in [-0.05, 0) is 37.6 Å². The summed E-state index contributed by atoms with van der Waals surface area (Å²) in [6.07, 6.45) is 1.38. The van der Waals surface area contributed by atoms with Crippen molar-refractivity contribution in [3.8, 4) is 0 Å². The van der Waals surface area contributed by atoms with Crippen molar-refractivity contribution in [2.75, 3.05) is 13.2 Å². The zero-order valence-corrected chi connectivity index (χ0v) is 12.9. The van der Waals surface area contributed by atoms with Gasteiger partial charge in [-0.2, -0.15) is 0 Å². The third-order valence-corrected chi connectivity index (χ3v) is 6.54. The molecule has 19 heavy (non-hydrogen) atoms. The maximum atomic E-state index is 12.6. The number of sulfonamides is 1. The monoisotopic (exact) mass is 304 g/mol. The van der Waals surface area contributed by atoms with Crippen LogP contribution in [0.4, 0.5) is 0 Å². The summed E-state index contributed by atoms with van der Waals surface area (Å²) in [4.78, 5) is 1.06. The molecule has 1 aromatic rings. The molecule has 5 nitrogen and oxygen atoms in total. The first-order valence-corrected chi connectivity index (χ1v) is 8.63. The first-order chi connectivity index (χ1) is 8.88. The summed E-state index contributed by atoms with van der Waals surface area (Å²) in [7, 11) is -3.52. The second-order valence-corrected chi connectivity index (χ2v) is 7.74. The maximum Gasteiger partial charge on any atom is 0.242 e. The number of hydrogen-bond donors (Lipinski definition) is 2. The Morgan fingerprint density at radius 1 is 1.47 bits per heavy atom. The highest BCUT2D eigenvalue weighted by Crippen LogP contribution is 2.29. The van der Waals surface area contributed by atoms with Gasteiger partial charge in [0.05, 0.1) is 0 Å². The predicted molar refractivity (Wildman–Crippen MR) is 75.7 cm³/mol. The second-order valence-electron chi connectivity index (χ2n) is 5.15. The summed E-state index contributed by atoms with van der Waals surface area (Å²) < 4.78 is 33.3. The molecule has 0 unspecified atom stereocenters. The molecule has 0 radical (unpaired) electrons. The van der Waals surface area contributed by atoms with Gasteiger partial charge in [-0.1, -0.05) is 0 Å². The Kier molecular flexibility index (Phi) is 4.32. The first-order valence-electron chi connectivity index (χ1n) is 6.27. The number of nitrogens with one attached hydrogen (secondary N) is 1. The summed E-state index contributed by atoms with van der Waals surface area (Å²) in [6.45, 7) is 5.15. The van der Waals surface area contributed by atoms with Crippen LogP contribution in [0.15, 0.2) is 10.3 Å². The van der Waals surface area contributed by atoms with E-state index in [0.29, 0.717) is 35.8 Å². The minimum atomic E-state index is -3.52. The lowest BCUT2D eigenvalue weighted by molar-refractivity contribution is 0.0537. The molecule has 108 valence electrons. The molecule has 0 atom stereocenters. The number of hydrogen-bond acceptors (Lipinski definition) is 5. The summed E-state index contributed by atoms with van der Waals surface area (Å²) >= 11 is 1.40. The standard InChI is InChI=1S/C12H20N2O3S2/c1-9-8-18-10(7-13)11(9)19(15,16)14-12(2)3-5-17-6-4-12/h8,14H,3-7,13H2,1-2H3. The molecule has 7 heteroatoms. The van der Waals surface area contributed by atoms with E-state index >= 15 is 0 Å². The van der Waals surface area contributed by atoms with Crippen LogP contribution in [0, 0.1) is 6.92 Å². The van der Waals surface area contributed by atoms with E-state index in [1.165, 1.54) is 11.3 Å². The highest BCUT2D eigenvalue weighted by Gasteiger charge is 2.34. The Morgan fingerprint density at radius 3 is 2.68 bits per heavy atom. The van der Waals surface area contributed by atoms with Crippen LogP contribution in [0.5, 0.6) is 0 Å². The molecule has 0 saturated carbocycles. The normalized spacial score (nSPS) is 19.5. The van der Waals surface area contributed by atoms with Crippen LogP contribution in [0.1, 0.15) is 30.2 Å². The lowest BCUT2D eigenvalue weighted by Gasteiger charge is -2.34. The minimum absolute atomic E-state index is 0.245. The van der Waals surface area contributed by atoms with Gasteiger partial charge in [0.2, 0.25) is 10.0 Å². The molecule has 1 aliphatic heterocycles. The third kappa shape index (κ3) is 3.17. The SMILES string of the molecule is Cc1csc(CN)c1S(=O)(=O)NC1(C)CCOCC1. The lowest BCUT2D eigenvalue weighted by atomic mass is 9.94. The summed E-state index contributed by atoms with van der Waals surface area (Å²) in [5.41, 5.74) is 5.95. The van der Waals surface area contributed by atoms with Crippen molar-refractivity contribution < 1.29 is 13.2 Å². The summed E-state index contributed by atoms with van der Waals surface area (Å²) in [6, 6.07) is 0. The fourth-order valence-electron chi connectivity index (χ4n) is 2.29. The van der Waals surface area contributed by atoms with E-state index in [2.05, 4.69) is 4.72 Å². The van der Waals surface area contributed by atoms with E-state index in [9.17, 15) is 8.42 Å². The molecular formula is C12H20N2O3S2. The Bertz CT molecular complexity index is 545. The van der Waals surface area contributed by atoms with Crippen LogP contribution in [0.3, 0.4) is 0 Å². The van der Waals surface area contributed by atoms with Crippen LogP contribution in [0.25, 0.3) is 0 Å². The highest BCUT2D eigenvalue weighted by molar-refractivity contribution is 7.89. The molecule has 0 bridgehead atoms. The van der Waals surface area contributed by atoms with Gasteiger partial charge in [-0.3, -0.25) is 0 Å². The van der Waals surface area contributed by atoms with Gasteiger partial charge < -0.3 is 10.5 Å². The van der Waals surface area contributed by atoms with Gasteiger partial charge in [-0.15, -0.1) is 11.3 Å². The first kappa shape index (κ1) is 14.9. The van der Waals surface area contributed by atoms with E-state index in [1.54, 1.807) is 6.92 Å². The number of rotatable bonds is 4. The quantitative estimate of drug-likeness (QED) is 0.880. The van der Waals surface area contributed by atoms with Gasteiger partial charge >= 0.3 is 0 Å². The molecule has 1 aliphatic rings. The smallest absolute Gasteiger partial charge is 0.242 e. The largest absolute Gasteiger partial charge is 0.381 e. The van der Waals surface area contributed by atoms with E-state index in [0.717, 1.165) is 5.56 Å². The fraction of sp³-hybridized carbons (Fsp3) is 0.667. The number of nitrogens with two attached hydrogens (primary N) is 1. The van der Waals surface area contributed by atoms with Crippen LogP contribution < -0.4 is 10.5 Å². The molecule has 1 saturated heterocycles. The van der Waals surface area contributed by atoms with Crippen LogP contribution >= 0.6 is 11.3 Å². The lowest BCUT2D eigenvalue weighted by Crippen LogP contribution is -2.49. The van der Waals surface area contributed by atoms with Crippen LogP contribution in [0.2, 0.25) is 0 Å². The van der Waals surface area contributed by atoms with E-state index in [-0.39, 0.29) is 6.54 Å². The van der Waals surface area contributed by atoms with Crippen LogP contribution in [-0.2, 0) is 21.3 Å². The van der Waals surface area contributed by atoms with E-state index in [1.807, 2.05) is 12.3 Å². The van der Waals surface area contributed by atoms with Gasteiger partial charge in [-0.25, -0.2) is 13.1 Å². The number of aryl methyl sites for hydroxylation is 1. The molecule has 1 fully saturated rings. The van der Waals surface area contributed by atoms with Crippen molar-refractivity contribution >= 4 is 21.4 Å². The Hall–Kier alpha value is -0.470. The predicted octanol–water partition coefficient (Wildman–Crippen LogP) is 1.36. The number of thiophene rings is 1. The maximum absolute atomic E-state index is 12.6. The zero-order chi connectivity index (χ0) is 14.1. The van der Waals surface area contributed by atoms with E-state index < -0.39 is 15.6 Å². The van der Waals surface area contributed by atoms with Crippen molar-refractivity contribution in [2.24, 2.45) is 5.73 Å². The van der Waals surface area contributed by atoms with Crippen LogP contribution in [-0.4, -0.2) is 27.2 Å². The number of ether oxygens (including phenoxy) is 1. The Morgan fingerprint density at radius 2 is 2.11 bits per heavy atom. The van der Waals surface area contributed by atoms with E-state index in [4.69, 9.17) is 10.5 Å². The van der Waals surface area contributed by atoms with Crippen molar-refractivity contribution in [1.82, 2.24) is 4.72 Å². The second kappa shape index (κ2) is 5.49. The van der Waals surface area contributed by atoms with Gasteiger partial charge in [0.15, 0.2) is 0 Å². The molecule has 3 N–H and O–H groups in total. The molecule has 0 amide bonds. The molecule has 0 aliphatic carbocycles. The summed E-state index contributed by atoms with van der Waals surface area (Å²) in [5, 5.41) is 1.84. The molecule has 0 spiro atoms. The average molecular weight is 304 g/mol. The Balaban J connectivity index is 2.29. The highest BCUT2D eigenvalue weighted by atomic mass is 32.2. The van der Waals surface area contributed by atoms with Crippen molar-refractivity contribution in [2.45, 2.75) is 43.7 Å². The molecule has 2 heterocycles. The molecule has 0 aromatic carbocycles. The van der Waals surface area contributed by atoms with Crippen molar-refractivity contribution in [3.05, 3.63) is 15.8 Å². The minimum Gasteiger partial charge on any atom is -0.381 e. The third-order valence-electron chi connectivity index (χ3n) is 3.42.